The van der Waals surface area contributed by atoms with Crippen LogP contribution in [0.3, 0.4) is 0 Å². The largest absolute Gasteiger partial charge is 0.495 e. The molecule has 18 nitrogen and oxygen atoms in total. The van der Waals surface area contributed by atoms with E-state index in [2.05, 4.69) is 29.4 Å². The molecule has 4 aromatic carbocycles. The standard InChI is InChI=1S/2C25H25F4N5O4S/c2*1-37-22-12-18(16-3-2-4-17(11-16)25(27,28)29)19(26)13-21(22)34-9-10-38-23-14-33(8-6-20(23)34)39(35,36)32-24-5-7-30-15-31-24/h2*2-5,7,11-13,15,20,23H,6,8-10,14H2,1H3,(H,30,31,32)/t2*20-,23-/m10/s1. The number of anilines is 4. The summed E-state index contributed by atoms with van der Waals surface area (Å²) in [5, 5.41) is 0. The Labute approximate surface area is 443 Å². The van der Waals surface area contributed by atoms with Gasteiger partial charge in [-0.3, -0.25) is 9.44 Å². The number of methoxy groups -OCH3 is 2. The van der Waals surface area contributed by atoms with Gasteiger partial charge in [-0.15, -0.1) is 0 Å². The second-order valence-corrected chi connectivity index (χ2v) is 21.5. The van der Waals surface area contributed by atoms with Crippen LogP contribution in [0.1, 0.15) is 24.0 Å². The number of piperidine rings is 2. The van der Waals surface area contributed by atoms with Crippen molar-refractivity contribution in [3.8, 4) is 33.8 Å². The summed E-state index contributed by atoms with van der Waals surface area (Å²) in [6.45, 7) is 1.78. The summed E-state index contributed by atoms with van der Waals surface area (Å²) in [5.41, 5.74) is -0.836. The molecule has 0 amide bonds. The molecule has 2 aromatic heterocycles. The van der Waals surface area contributed by atoms with Crippen LogP contribution in [-0.2, 0) is 42.2 Å². The van der Waals surface area contributed by atoms with Gasteiger partial charge in [-0.2, -0.15) is 51.8 Å². The minimum Gasteiger partial charge on any atom is -0.495 e. The first kappa shape index (κ1) is 55.8. The van der Waals surface area contributed by atoms with E-state index < -0.39 is 67.7 Å². The highest BCUT2D eigenvalue weighted by atomic mass is 32.2. The topological polar surface area (TPSA) is 194 Å². The van der Waals surface area contributed by atoms with Gasteiger partial charge in [0.2, 0.25) is 0 Å². The molecule has 0 radical (unpaired) electrons. The lowest BCUT2D eigenvalue weighted by Crippen LogP contribution is -2.60. The van der Waals surface area contributed by atoms with E-state index in [1.165, 1.54) is 109 Å². The number of rotatable bonds is 12. The summed E-state index contributed by atoms with van der Waals surface area (Å²) >= 11 is 0. The Balaban J connectivity index is 0.000000190. The minimum absolute atomic E-state index is 0.0248. The first-order valence-corrected chi connectivity index (χ1v) is 27.0. The molecule has 6 aromatic rings. The summed E-state index contributed by atoms with van der Waals surface area (Å²) in [5.74, 6) is -0.571. The molecule has 6 heterocycles. The monoisotopic (exact) mass is 1130 g/mol. The SMILES string of the molecule is COc1cc(-c2cccc(C(F)(F)F)c2)c(F)cc1N1CCO[C@@H]2CN(S(=O)(=O)Nc3ccncn3)CC[C@H]21.COc1cc(-c2cccc(C(F)(F)F)c2)c(F)cc1N1CCO[C@H]2CN(S(=O)(=O)Nc3ccncn3)CC[C@@H]21. The Morgan fingerprint density at radius 3 is 1.35 bits per heavy atom. The number of hydrogen-bond acceptors (Lipinski definition) is 14. The lowest BCUT2D eigenvalue weighted by atomic mass is 9.97. The zero-order valence-corrected chi connectivity index (χ0v) is 43.1. The number of fused-ring (bicyclic) bond motifs is 2. The fourth-order valence-corrected chi connectivity index (χ4v) is 12.3. The van der Waals surface area contributed by atoms with Gasteiger partial charge in [0, 0.05) is 74.9 Å². The van der Waals surface area contributed by atoms with E-state index in [4.69, 9.17) is 18.9 Å². The van der Waals surface area contributed by atoms with Crippen molar-refractivity contribution in [2.75, 3.05) is 85.9 Å². The van der Waals surface area contributed by atoms with Gasteiger partial charge in [0.25, 0.3) is 0 Å². The van der Waals surface area contributed by atoms with Crippen LogP contribution >= 0.6 is 0 Å². The van der Waals surface area contributed by atoms with Crippen molar-refractivity contribution < 1.29 is 70.9 Å². The van der Waals surface area contributed by atoms with E-state index in [-0.39, 0.29) is 96.9 Å². The maximum atomic E-state index is 15.4. The third kappa shape index (κ3) is 12.3. The zero-order chi connectivity index (χ0) is 55.6. The molecule has 416 valence electrons. The van der Waals surface area contributed by atoms with Gasteiger partial charge in [0.15, 0.2) is 0 Å². The molecule has 0 aliphatic carbocycles. The van der Waals surface area contributed by atoms with Crippen LogP contribution in [0.2, 0.25) is 0 Å². The molecule has 4 fully saturated rings. The molecular weight excluding hydrogens is 1080 g/mol. The van der Waals surface area contributed by atoms with Crippen LogP contribution in [0, 0.1) is 11.6 Å². The van der Waals surface area contributed by atoms with Crippen molar-refractivity contribution in [2.45, 2.75) is 49.5 Å². The van der Waals surface area contributed by atoms with E-state index in [9.17, 15) is 43.2 Å². The number of aromatic nitrogens is 4. The highest BCUT2D eigenvalue weighted by molar-refractivity contribution is 7.90. The van der Waals surface area contributed by atoms with Crippen LogP contribution in [0.25, 0.3) is 22.3 Å². The number of alkyl halides is 6. The average molecular weight is 1140 g/mol. The third-order valence-corrected chi connectivity index (χ3v) is 16.5. The summed E-state index contributed by atoms with van der Waals surface area (Å²) in [7, 11) is -5.02. The first-order valence-electron chi connectivity index (χ1n) is 24.1. The van der Waals surface area contributed by atoms with E-state index >= 15 is 8.78 Å². The number of benzene rings is 4. The van der Waals surface area contributed by atoms with E-state index in [1.807, 2.05) is 9.80 Å². The third-order valence-electron chi connectivity index (χ3n) is 13.6. The van der Waals surface area contributed by atoms with Gasteiger partial charge >= 0.3 is 32.8 Å². The molecule has 78 heavy (non-hydrogen) atoms. The minimum atomic E-state index is -4.56. The van der Waals surface area contributed by atoms with Crippen molar-refractivity contribution in [3.63, 3.8) is 0 Å². The molecule has 0 saturated carbocycles. The number of halogens is 8. The molecule has 2 N–H and O–H groups in total. The lowest BCUT2D eigenvalue weighted by Gasteiger charge is -2.47. The van der Waals surface area contributed by atoms with Crippen LogP contribution < -0.4 is 28.7 Å². The lowest BCUT2D eigenvalue weighted by molar-refractivity contribution is -0.138. The number of hydrogen-bond donors (Lipinski definition) is 2. The number of nitrogens with one attached hydrogen (secondary N) is 2. The Morgan fingerprint density at radius 1 is 0.577 bits per heavy atom. The molecule has 10 rings (SSSR count). The van der Waals surface area contributed by atoms with E-state index in [0.29, 0.717) is 37.3 Å². The highest BCUT2D eigenvalue weighted by Crippen LogP contribution is 2.43. The van der Waals surface area contributed by atoms with Crippen LogP contribution in [0.15, 0.2) is 110 Å². The van der Waals surface area contributed by atoms with Crippen molar-refractivity contribution >= 4 is 43.4 Å². The number of ether oxygens (including phenoxy) is 4. The highest BCUT2D eigenvalue weighted by Gasteiger charge is 2.44. The smallest absolute Gasteiger partial charge is 0.416 e. The van der Waals surface area contributed by atoms with Crippen LogP contribution in [-0.4, -0.2) is 136 Å². The summed E-state index contributed by atoms with van der Waals surface area (Å²) in [6, 6.07) is 16.5. The summed E-state index contributed by atoms with van der Waals surface area (Å²) < 4.78 is 192. The predicted molar refractivity (Wildman–Crippen MR) is 270 cm³/mol. The maximum absolute atomic E-state index is 15.4. The molecule has 0 bridgehead atoms. The van der Waals surface area contributed by atoms with Gasteiger partial charge in [-0.25, -0.2) is 28.7 Å². The summed E-state index contributed by atoms with van der Waals surface area (Å²) in [6.07, 6.45) is -4.07. The molecule has 4 aliphatic heterocycles. The van der Waals surface area contributed by atoms with Crippen molar-refractivity contribution in [1.29, 1.82) is 0 Å². The van der Waals surface area contributed by atoms with Gasteiger partial charge in [0.1, 0.15) is 47.4 Å². The Bertz CT molecular complexity index is 3100. The maximum Gasteiger partial charge on any atom is 0.416 e. The van der Waals surface area contributed by atoms with Gasteiger partial charge in [-0.1, -0.05) is 24.3 Å². The van der Waals surface area contributed by atoms with Crippen LogP contribution in [0.5, 0.6) is 11.5 Å². The molecule has 0 spiro atoms. The second kappa shape index (κ2) is 22.8. The van der Waals surface area contributed by atoms with Gasteiger partial charge < -0.3 is 28.7 Å². The molecule has 28 heteroatoms. The second-order valence-electron chi connectivity index (χ2n) is 18.2. The molecule has 4 aliphatic rings. The Kier molecular flexibility index (Phi) is 16.3. The van der Waals surface area contributed by atoms with Crippen molar-refractivity contribution in [1.82, 2.24) is 28.5 Å². The first-order chi connectivity index (χ1) is 37.1. The van der Waals surface area contributed by atoms with Crippen molar-refractivity contribution in [3.05, 3.63) is 133 Å². The fourth-order valence-electron chi connectivity index (χ4n) is 9.89. The van der Waals surface area contributed by atoms with Gasteiger partial charge in [0.05, 0.1) is 74.2 Å². The average Bonchev–Trinajstić information content (AvgIpc) is 3.58. The molecule has 0 unspecified atom stereocenters. The zero-order valence-electron chi connectivity index (χ0n) is 41.5. The van der Waals surface area contributed by atoms with Crippen LogP contribution in [0.4, 0.5) is 58.1 Å². The fraction of sp³-hybridized carbons (Fsp3) is 0.360. The molecular formula is C50H50F8N10O8S2. The van der Waals surface area contributed by atoms with Gasteiger partial charge in [-0.05, 0) is 72.5 Å². The normalized spacial score (nSPS) is 20.4. The Hall–Kier alpha value is -6.98. The predicted octanol–water partition coefficient (Wildman–Crippen LogP) is 7.89. The van der Waals surface area contributed by atoms with Crippen molar-refractivity contribution in [2.24, 2.45) is 0 Å². The number of nitrogens with zero attached hydrogens (tertiary/aromatic N) is 8. The molecule has 4 atom stereocenters. The molecule has 4 saturated heterocycles. The van der Waals surface area contributed by atoms with E-state index in [0.717, 1.165) is 24.3 Å². The Morgan fingerprint density at radius 2 is 0.987 bits per heavy atom. The number of morpholine rings is 2. The van der Waals surface area contributed by atoms with E-state index in [1.54, 1.807) is 0 Å². The summed E-state index contributed by atoms with van der Waals surface area (Å²) in [4.78, 5) is 19.1. The quantitative estimate of drug-likeness (QED) is 0.112.